The van der Waals surface area contributed by atoms with E-state index >= 15 is 0 Å². The Bertz CT molecular complexity index is 629. The van der Waals surface area contributed by atoms with Crippen molar-refractivity contribution in [3.05, 3.63) is 18.0 Å². The first kappa shape index (κ1) is 12.1. The Hall–Kier alpha value is -1.34. The van der Waals surface area contributed by atoms with Crippen LogP contribution in [0.4, 0.5) is 0 Å². The van der Waals surface area contributed by atoms with Crippen LogP contribution in [0.5, 0.6) is 0 Å². The Morgan fingerprint density at radius 3 is 2.41 bits per heavy atom. The minimum Gasteiger partial charge on any atom is -0.438 e. The number of hydrogen-bond acceptors (Lipinski definition) is 6. The van der Waals surface area contributed by atoms with Crippen molar-refractivity contribution in [2.75, 3.05) is 0 Å². The van der Waals surface area contributed by atoms with E-state index in [1.165, 1.54) is 12.1 Å². The van der Waals surface area contributed by atoms with Gasteiger partial charge in [0.1, 0.15) is 0 Å². The van der Waals surface area contributed by atoms with Gasteiger partial charge in [0, 0.05) is 16.6 Å². The van der Waals surface area contributed by atoms with E-state index in [9.17, 15) is 8.42 Å². The predicted octanol–water partition coefficient (Wildman–Crippen LogP) is 2.38. The highest BCUT2D eigenvalue weighted by Gasteiger charge is 2.19. The minimum absolute atomic E-state index is 0.0856. The average Bonchev–Trinajstić information content (AvgIpc) is 2.85. The van der Waals surface area contributed by atoms with Crippen LogP contribution in [0.3, 0.4) is 0 Å². The van der Waals surface area contributed by atoms with Crippen molar-refractivity contribution in [3.63, 3.8) is 0 Å². The summed E-state index contributed by atoms with van der Waals surface area (Å²) in [6, 6.07) is 2.64. The molecule has 0 fully saturated rings. The van der Waals surface area contributed by atoms with E-state index < -0.39 is 9.05 Å². The highest BCUT2D eigenvalue weighted by atomic mass is 35.7. The van der Waals surface area contributed by atoms with Crippen LogP contribution in [0.15, 0.2) is 26.1 Å². The van der Waals surface area contributed by atoms with E-state index in [1.807, 2.05) is 13.8 Å². The van der Waals surface area contributed by atoms with Crippen LogP contribution < -0.4 is 0 Å². The number of halogens is 1. The van der Waals surface area contributed by atoms with Crippen molar-refractivity contribution in [1.82, 2.24) is 10.2 Å². The van der Waals surface area contributed by atoms with Crippen LogP contribution in [-0.4, -0.2) is 18.6 Å². The lowest BCUT2D eigenvalue weighted by Gasteiger charge is -1.93. The summed E-state index contributed by atoms with van der Waals surface area (Å²) in [5.74, 6) is 0.831. The Kier molecular flexibility index (Phi) is 2.96. The second-order valence-corrected chi connectivity index (χ2v) is 6.15. The molecule has 0 aliphatic carbocycles. The molecule has 17 heavy (non-hydrogen) atoms. The van der Waals surface area contributed by atoms with Gasteiger partial charge in [-0.3, -0.25) is 0 Å². The molecule has 0 bridgehead atoms. The van der Waals surface area contributed by atoms with Crippen molar-refractivity contribution in [2.24, 2.45) is 0 Å². The molecular weight excluding hydrogens is 268 g/mol. The van der Waals surface area contributed by atoms with Gasteiger partial charge in [-0.05, 0) is 12.1 Å². The first-order valence-electron chi connectivity index (χ1n) is 4.76. The Balaban J connectivity index is 2.37. The predicted molar refractivity (Wildman–Crippen MR) is 59.1 cm³/mol. The fourth-order valence-electron chi connectivity index (χ4n) is 1.13. The van der Waals surface area contributed by atoms with Crippen LogP contribution in [0.1, 0.15) is 25.7 Å². The van der Waals surface area contributed by atoms with Crippen LogP contribution in [-0.2, 0) is 9.05 Å². The van der Waals surface area contributed by atoms with Crippen LogP contribution >= 0.6 is 10.7 Å². The molecule has 2 aromatic rings. The molecule has 2 rings (SSSR count). The van der Waals surface area contributed by atoms with Gasteiger partial charge in [0.05, 0.1) is 0 Å². The average molecular weight is 277 g/mol. The van der Waals surface area contributed by atoms with Crippen molar-refractivity contribution >= 4 is 19.7 Å². The van der Waals surface area contributed by atoms with Gasteiger partial charge < -0.3 is 8.83 Å². The minimum atomic E-state index is -3.88. The number of aromatic nitrogens is 2. The summed E-state index contributed by atoms with van der Waals surface area (Å²) < 4.78 is 32.3. The number of nitrogens with zero attached hydrogens (tertiary/aromatic N) is 2. The third kappa shape index (κ3) is 2.50. The first-order chi connectivity index (χ1) is 7.88. The zero-order valence-electron chi connectivity index (χ0n) is 9.05. The van der Waals surface area contributed by atoms with Crippen molar-refractivity contribution < 1.29 is 17.3 Å². The molecule has 2 aromatic heterocycles. The fourth-order valence-corrected chi connectivity index (χ4v) is 1.80. The van der Waals surface area contributed by atoms with Crippen LogP contribution in [0.25, 0.3) is 11.7 Å². The molecule has 0 saturated carbocycles. The maximum absolute atomic E-state index is 11.0. The number of furan rings is 1. The standard InChI is InChI=1S/C9H9ClN2O4S/c1-5(2)8-11-12-9(16-8)6-3-4-7(15-6)17(10,13)14/h3-5H,1-2H3. The molecule has 0 N–H and O–H groups in total. The smallest absolute Gasteiger partial charge is 0.294 e. The molecule has 0 amide bonds. The highest BCUT2D eigenvalue weighted by molar-refractivity contribution is 8.13. The molecule has 0 unspecified atom stereocenters. The summed E-state index contributed by atoms with van der Waals surface area (Å²) >= 11 is 0. The molecular formula is C9H9ClN2O4S. The molecule has 0 aliphatic heterocycles. The van der Waals surface area contributed by atoms with Crippen LogP contribution in [0, 0.1) is 0 Å². The lowest BCUT2D eigenvalue weighted by atomic mass is 10.2. The van der Waals surface area contributed by atoms with E-state index in [-0.39, 0.29) is 22.7 Å². The summed E-state index contributed by atoms with van der Waals surface area (Å²) in [6.45, 7) is 3.79. The van der Waals surface area contributed by atoms with Gasteiger partial charge in [-0.1, -0.05) is 13.8 Å². The van der Waals surface area contributed by atoms with Gasteiger partial charge in [-0.15, -0.1) is 10.2 Å². The van der Waals surface area contributed by atoms with Crippen molar-refractivity contribution in [3.8, 4) is 11.7 Å². The molecule has 0 saturated heterocycles. The maximum atomic E-state index is 11.0. The van der Waals surface area contributed by atoms with Crippen molar-refractivity contribution in [1.29, 1.82) is 0 Å². The van der Waals surface area contributed by atoms with E-state index in [4.69, 9.17) is 19.5 Å². The van der Waals surface area contributed by atoms with Gasteiger partial charge in [0.2, 0.25) is 11.0 Å². The van der Waals surface area contributed by atoms with E-state index in [1.54, 1.807) is 0 Å². The van der Waals surface area contributed by atoms with Gasteiger partial charge >= 0.3 is 0 Å². The van der Waals surface area contributed by atoms with E-state index in [0.717, 1.165) is 0 Å². The topological polar surface area (TPSA) is 86.2 Å². The Morgan fingerprint density at radius 2 is 1.94 bits per heavy atom. The Labute approximate surface area is 102 Å². The van der Waals surface area contributed by atoms with Gasteiger partial charge in [0.25, 0.3) is 14.9 Å². The van der Waals surface area contributed by atoms with E-state index in [0.29, 0.717) is 5.89 Å². The molecule has 92 valence electrons. The summed E-state index contributed by atoms with van der Waals surface area (Å²) in [6.07, 6.45) is 0. The second-order valence-electron chi connectivity index (χ2n) is 3.66. The van der Waals surface area contributed by atoms with Crippen molar-refractivity contribution in [2.45, 2.75) is 24.9 Å². The third-order valence-corrected chi connectivity index (χ3v) is 3.12. The zero-order chi connectivity index (χ0) is 12.6. The number of hydrogen-bond donors (Lipinski definition) is 0. The molecule has 0 spiro atoms. The highest BCUT2D eigenvalue weighted by Crippen LogP contribution is 2.26. The summed E-state index contributed by atoms with van der Waals surface area (Å²) in [5.41, 5.74) is 0. The van der Waals surface area contributed by atoms with Gasteiger partial charge in [-0.25, -0.2) is 8.42 Å². The maximum Gasteiger partial charge on any atom is 0.294 e. The van der Waals surface area contributed by atoms with Crippen LogP contribution in [0.2, 0.25) is 0 Å². The quantitative estimate of drug-likeness (QED) is 0.800. The normalized spacial score (nSPS) is 12.2. The first-order valence-corrected chi connectivity index (χ1v) is 7.07. The molecule has 8 heteroatoms. The lowest BCUT2D eigenvalue weighted by molar-refractivity contribution is 0.430. The molecule has 0 aliphatic rings. The monoisotopic (exact) mass is 276 g/mol. The zero-order valence-corrected chi connectivity index (χ0v) is 10.6. The molecule has 2 heterocycles. The summed E-state index contributed by atoms with van der Waals surface area (Å²) in [5, 5.41) is 7.21. The van der Waals surface area contributed by atoms with Gasteiger partial charge in [0.15, 0.2) is 5.76 Å². The number of rotatable bonds is 3. The molecule has 0 radical (unpaired) electrons. The summed E-state index contributed by atoms with van der Waals surface area (Å²) in [4.78, 5) is 0. The molecule has 6 nitrogen and oxygen atoms in total. The second kappa shape index (κ2) is 4.15. The van der Waals surface area contributed by atoms with E-state index in [2.05, 4.69) is 10.2 Å². The summed E-state index contributed by atoms with van der Waals surface area (Å²) in [7, 11) is 1.24. The molecule has 0 atom stereocenters. The SMILES string of the molecule is CC(C)c1nnc(-c2ccc(S(=O)(=O)Cl)o2)o1. The van der Waals surface area contributed by atoms with Gasteiger partial charge in [-0.2, -0.15) is 0 Å². The fraction of sp³-hybridized carbons (Fsp3) is 0.333. The molecule has 0 aromatic carbocycles. The largest absolute Gasteiger partial charge is 0.438 e. The lowest BCUT2D eigenvalue weighted by Crippen LogP contribution is -1.85. The third-order valence-electron chi connectivity index (χ3n) is 1.97. The Morgan fingerprint density at radius 1 is 1.24 bits per heavy atom.